The maximum absolute atomic E-state index is 14.3. The highest BCUT2D eigenvalue weighted by molar-refractivity contribution is 7.17. The minimum absolute atomic E-state index is 0.0689. The van der Waals surface area contributed by atoms with E-state index in [1.807, 2.05) is 58.2 Å². The van der Waals surface area contributed by atoms with Crippen LogP contribution in [-0.2, 0) is 16.1 Å². The highest BCUT2D eigenvalue weighted by atomic mass is 32.1. The van der Waals surface area contributed by atoms with Crippen LogP contribution >= 0.6 is 11.3 Å². The van der Waals surface area contributed by atoms with Crippen LogP contribution in [0, 0.1) is 12.7 Å². The first-order valence-corrected chi connectivity index (χ1v) is 13.0. The highest BCUT2D eigenvalue weighted by Gasteiger charge is 2.23. The summed E-state index contributed by atoms with van der Waals surface area (Å²) in [7, 11) is 0. The Labute approximate surface area is 215 Å². The van der Waals surface area contributed by atoms with Crippen molar-refractivity contribution in [2.45, 2.75) is 53.7 Å². The number of thiophene rings is 1. The van der Waals surface area contributed by atoms with E-state index in [-0.39, 0.29) is 18.3 Å². The van der Waals surface area contributed by atoms with E-state index in [2.05, 4.69) is 28.6 Å². The SMILES string of the molecule is CC.Cc1c(-c2csc3cc(-c4ccncc4)ccc23)c2cc(F)ccc2n1CC(=O)OC(C)(C)C. The van der Waals surface area contributed by atoms with Crippen LogP contribution < -0.4 is 0 Å². The summed E-state index contributed by atoms with van der Waals surface area (Å²) in [6.07, 6.45) is 3.58. The number of hydrogen-bond donors (Lipinski definition) is 0. The van der Waals surface area contributed by atoms with Crippen LogP contribution in [-0.4, -0.2) is 21.1 Å². The molecule has 0 saturated carbocycles. The van der Waals surface area contributed by atoms with Crippen molar-refractivity contribution in [1.82, 2.24) is 9.55 Å². The summed E-state index contributed by atoms with van der Waals surface area (Å²) in [6.45, 7) is 11.6. The largest absolute Gasteiger partial charge is 0.459 e. The number of esters is 1. The maximum Gasteiger partial charge on any atom is 0.326 e. The van der Waals surface area contributed by atoms with E-state index in [0.29, 0.717) is 0 Å². The number of benzene rings is 2. The lowest BCUT2D eigenvalue weighted by molar-refractivity contribution is -0.155. The highest BCUT2D eigenvalue weighted by Crippen LogP contribution is 2.42. The minimum Gasteiger partial charge on any atom is -0.459 e. The zero-order chi connectivity index (χ0) is 26.0. The topological polar surface area (TPSA) is 44.1 Å². The van der Waals surface area contributed by atoms with Crippen molar-refractivity contribution in [1.29, 1.82) is 0 Å². The summed E-state index contributed by atoms with van der Waals surface area (Å²) in [6, 6.07) is 15.1. The predicted molar refractivity (Wildman–Crippen MR) is 148 cm³/mol. The zero-order valence-electron chi connectivity index (χ0n) is 21.6. The van der Waals surface area contributed by atoms with Gasteiger partial charge in [-0.2, -0.15) is 0 Å². The van der Waals surface area contributed by atoms with Gasteiger partial charge in [0.15, 0.2) is 0 Å². The molecule has 186 valence electrons. The monoisotopic (exact) mass is 502 g/mol. The van der Waals surface area contributed by atoms with Crippen molar-refractivity contribution < 1.29 is 13.9 Å². The molecule has 6 heteroatoms. The van der Waals surface area contributed by atoms with Gasteiger partial charge in [0, 0.05) is 50.2 Å². The third-order valence-electron chi connectivity index (χ3n) is 5.85. The molecule has 0 aliphatic carbocycles. The summed E-state index contributed by atoms with van der Waals surface area (Å²) in [5.41, 5.74) is 5.37. The van der Waals surface area contributed by atoms with Gasteiger partial charge in [0.2, 0.25) is 0 Å². The zero-order valence-corrected chi connectivity index (χ0v) is 22.4. The molecule has 0 N–H and O–H groups in total. The Morgan fingerprint density at radius 1 is 1.00 bits per heavy atom. The number of ether oxygens (including phenoxy) is 1. The van der Waals surface area contributed by atoms with E-state index in [1.165, 1.54) is 6.07 Å². The number of pyridine rings is 1. The summed E-state index contributed by atoms with van der Waals surface area (Å²) in [5, 5.41) is 4.01. The third-order valence-corrected chi connectivity index (χ3v) is 6.80. The first kappa shape index (κ1) is 25.6. The van der Waals surface area contributed by atoms with Gasteiger partial charge in [0.05, 0.1) is 0 Å². The molecule has 36 heavy (non-hydrogen) atoms. The second-order valence-electron chi connectivity index (χ2n) is 9.39. The number of carbonyl (C=O) groups excluding carboxylic acids is 1. The van der Waals surface area contributed by atoms with Gasteiger partial charge in [-0.25, -0.2) is 4.39 Å². The first-order chi connectivity index (χ1) is 17.2. The molecule has 0 bridgehead atoms. The van der Waals surface area contributed by atoms with Gasteiger partial charge in [-0.3, -0.25) is 9.78 Å². The summed E-state index contributed by atoms with van der Waals surface area (Å²) < 4.78 is 23.0. The summed E-state index contributed by atoms with van der Waals surface area (Å²) in [4.78, 5) is 16.8. The fraction of sp³-hybridized carbons (Fsp3) is 0.267. The number of halogens is 1. The van der Waals surface area contributed by atoms with Crippen LogP contribution in [0.25, 0.3) is 43.2 Å². The quantitative estimate of drug-likeness (QED) is 0.232. The lowest BCUT2D eigenvalue weighted by atomic mass is 9.99. The van der Waals surface area contributed by atoms with Crippen molar-refractivity contribution in [3.63, 3.8) is 0 Å². The molecule has 0 amide bonds. The smallest absolute Gasteiger partial charge is 0.326 e. The van der Waals surface area contributed by atoms with Crippen LogP contribution in [0.1, 0.15) is 40.3 Å². The van der Waals surface area contributed by atoms with Gasteiger partial charge in [-0.05, 0) is 80.6 Å². The van der Waals surface area contributed by atoms with Crippen molar-refractivity contribution in [2.75, 3.05) is 0 Å². The fourth-order valence-electron chi connectivity index (χ4n) is 4.45. The van der Waals surface area contributed by atoms with Gasteiger partial charge in [0.25, 0.3) is 0 Å². The van der Waals surface area contributed by atoms with Crippen molar-refractivity contribution in [2.24, 2.45) is 0 Å². The molecule has 0 fully saturated rings. The number of aromatic nitrogens is 2. The number of nitrogens with zero attached hydrogens (tertiary/aromatic N) is 2. The standard InChI is InChI=1S/C28H25FN2O2S.C2H6/c1-17-27(22-14-20(29)6-8-24(22)31(17)15-26(32)33-28(2,3)4)23-16-34-25-13-19(5-7-21(23)25)18-9-11-30-12-10-18;1-2/h5-14,16H,15H2,1-4H3;1-2H3. The van der Waals surface area contributed by atoms with Crippen LogP contribution in [0.15, 0.2) is 66.3 Å². The van der Waals surface area contributed by atoms with Crippen molar-refractivity contribution in [3.05, 3.63) is 77.8 Å². The lowest BCUT2D eigenvalue weighted by Gasteiger charge is -2.20. The second kappa shape index (κ2) is 10.2. The Morgan fingerprint density at radius 3 is 2.42 bits per heavy atom. The normalized spacial score (nSPS) is 11.4. The fourth-order valence-corrected chi connectivity index (χ4v) is 5.44. The molecule has 0 unspecified atom stereocenters. The van der Waals surface area contributed by atoms with E-state index in [1.54, 1.807) is 35.9 Å². The molecular weight excluding hydrogens is 471 g/mol. The molecule has 0 spiro atoms. The van der Waals surface area contributed by atoms with E-state index in [9.17, 15) is 9.18 Å². The molecular formula is C30H31FN2O2S. The molecule has 3 heterocycles. The van der Waals surface area contributed by atoms with Gasteiger partial charge in [0.1, 0.15) is 18.0 Å². The average molecular weight is 503 g/mol. The Balaban J connectivity index is 0.00000148. The Kier molecular flexibility index (Phi) is 7.27. The molecule has 2 aromatic carbocycles. The molecule has 5 aromatic rings. The van der Waals surface area contributed by atoms with E-state index in [0.717, 1.165) is 48.9 Å². The molecule has 0 atom stereocenters. The van der Waals surface area contributed by atoms with Crippen LogP contribution in [0.4, 0.5) is 4.39 Å². The number of hydrogen-bond acceptors (Lipinski definition) is 4. The van der Waals surface area contributed by atoms with E-state index in [4.69, 9.17) is 4.74 Å². The van der Waals surface area contributed by atoms with Gasteiger partial charge in [-0.15, -0.1) is 11.3 Å². The van der Waals surface area contributed by atoms with E-state index < -0.39 is 5.60 Å². The Morgan fingerprint density at radius 2 is 1.72 bits per heavy atom. The Bertz CT molecular complexity index is 1530. The van der Waals surface area contributed by atoms with Crippen molar-refractivity contribution >= 4 is 38.3 Å². The molecule has 5 rings (SSSR count). The number of rotatable bonds is 4. The predicted octanol–water partition coefficient (Wildman–Crippen LogP) is 8.40. The number of fused-ring (bicyclic) bond motifs is 2. The maximum atomic E-state index is 14.3. The van der Waals surface area contributed by atoms with Gasteiger partial charge >= 0.3 is 5.97 Å². The average Bonchev–Trinajstić information content (AvgIpc) is 3.37. The lowest BCUT2D eigenvalue weighted by Crippen LogP contribution is -2.26. The van der Waals surface area contributed by atoms with Crippen LogP contribution in [0.2, 0.25) is 0 Å². The van der Waals surface area contributed by atoms with Crippen LogP contribution in [0.5, 0.6) is 0 Å². The molecule has 0 aliphatic heterocycles. The van der Waals surface area contributed by atoms with Gasteiger partial charge < -0.3 is 9.30 Å². The summed E-state index contributed by atoms with van der Waals surface area (Å²) >= 11 is 1.66. The minimum atomic E-state index is -0.570. The third kappa shape index (κ3) is 5.05. The summed E-state index contributed by atoms with van der Waals surface area (Å²) in [5.74, 6) is -0.622. The molecule has 0 aliphatic rings. The Hall–Kier alpha value is -3.51. The molecule has 4 nitrogen and oxygen atoms in total. The first-order valence-electron chi connectivity index (χ1n) is 12.1. The second-order valence-corrected chi connectivity index (χ2v) is 10.3. The molecule has 3 aromatic heterocycles. The van der Waals surface area contributed by atoms with E-state index >= 15 is 0 Å². The molecule has 0 saturated heterocycles. The van der Waals surface area contributed by atoms with Crippen LogP contribution in [0.3, 0.4) is 0 Å². The number of carbonyl (C=O) groups is 1. The molecule has 0 radical (unpaired) electrons. The van der Waals surface area contributed by atoms with Gasteiger partial charge in [-0.1, -0.05) is 26.0 Å². The van der Waals surface area contributed by atoms with Crippen molar-refractivity contribution in [3.8, 4) is 22.3 Å².